The number of ether oxygens (including phenoxy) is 1. The molecule has 1 atom stereocenters. The SMILES string of the molecule is CC(C)(C)OC(=O)N[C@@H](Cc1cccs1)C(N)=O.N#Cc1ncccc1N1CCCC1. The number of nitriles is 1. The topological polar surface area (TPSA) is 121 Å². The average molecular weight is 444 g/mol. The lowest BCUT2D eigenvalue weighted by atomic mass is 10.1. The van der Waals surface area contributed by atoms with Crippen molar-refractivity contribution >= 4 is 29.0 Å². The van der Waals surface area contributed by atoms with Gasteiger partial charge < -0.3 is 20.7 Å². The molecule has 1 aliphatic heterocycles. The Morgan fingerprint density at radius 1 is 1.32 bits per heavy atom. The van der Waals surface area contributed by atoms with Gasteiger partial charge in [-0.15, -0.1) is 11.3 Å². The van der Waals surface area contributed by atoms with Gasteiger partial charge in [-0.05, 0) is 57.2 Å². The Morgan fingerprint density at radius 3 is 2.58 bits per heavy atom. The van der Waals surface area contributed by atoms with Crippen LogP contribution >= 0.6 is 11.3 Å². The van der Waals surface area contributed by atoms with Crippen LogP contribution in [0.25, 0.3) is 0 Å². The zero-order valence-corrected chi connectivity index (χ0v) is 18.9. The molecule has 3 heterocycles. The number of nitrogens with zero attached hydrogens (tertiary/aromatic N) is 3. The van der Waals surface area contributed by atoms with Gasteiger partial charge in [0.05, 0.1) is 5.69 Å². The van der Waals surface area contributed by atoms with E-state index in [1.807, 2.05) is 29.6 Å². The highest BCUT2D eigenvalue weighted by atomic mass is 32.1. The molecular weight excluding hydrogens is 414 g/mol. The highest BCUT2D eigenvalue weighted by molar-refractivity contribution is 7.09. The molecule has 3 rings (SSSR count). The van der Waals surface area contributed by atoms with Crippen LogP contribution in [0, 0.1) is 11.3 Å². The fourth-order valence-electron chi connectivity index (χ4n) is 3.00. The monoisotopic (exact) mass is 443 g/mol. The summed E-state index contributed by atoms with van der Waals surface area (Å²) in [5.74, 6) is -0.575. The zero-order chi connectivity index (χ0) is 22.9. The number of aromatic nitrogens is 1. The van der Waals surface area contributed by atoms with Crippen molar-refractivity contribution in [2.75, 3.05) is 18.0 Å². The zero-order valence-electron chi connectivity index (χ0n) is 18.1. The predicted octanol–water partition coefficient (Wildman–Crippen LogP) is 3.22. The standard InChI is InChI=1S/C12H18N2O3S.C10H11N3/c1-12(2,3)17-11(16)14-9(10(13)15)7-8-5-4-6-18-8;11-8-9-10(4-3-5-12-9)13-6-1-2-7-13/h4-6,9H,7H2,1-3H3,(H2,13,15)(H,14,16);3-5H,1-2,6-7H2/t9-;/m0./s1. The molecule has 8 nitrogen and oxygen atoms in total. The fourth-order valence-corrected chi connectivity index (χ4v) is 3.75. The van der Waals surface area contributed by atoms with Gasteiger partial charge in [0.25, 0.3) is 0 Å². The lowest BCUT2D eigenvalue weighted by Gasteiger charge is -2.22. The Morgan fingerprint density at radius 2 is 2.03 bits per heavy atom. The van der Waals surface area contributed by atoms with E-state index in [-0.39, 0.29) is 0 Å². The number of thiophene rings is 1. The summed E-state index contributed by atoms with van der Waals surface area (Å²) in [5.41, 5.74) is 6.19. The molecular formula is C22H29N5O3S. The number of nitrogens with two attached hydrogens (primary N) is 1. The van der Waals surface area contributed by atoms with Gasteiger partial charge in [-0.25, -0.2) is 9.78 Å². The van der Waals surface area contributed by atoms with Gasteiger partial charge >= 0.3 is 6.09 Å². The lowest BCUT2D eigenvalue weighted by molar-refractivity contribution is -0.120. The van der Waals surface area contributed by atoms with Crippen LogP contribution in [0.4, 0.5) is 10.5 Å². The summed E-state index contributed by atoms with van der Waals surface area (Å²) < 4.78 is 5.08. The first-order valence-electron chi connectivity index (χ1n) is 10.1. The van der Waals surface area contributed by atoms with Gasteiger partial charge in [0, 0.05) is 30.6 Å². The van der Waals surface area contributed by atoms with E-state index < -0.39 is 23.6 Å². The normalized spacial score (nSPS) is 14.1. The first kappa shape index (κ1) is 24.2. The molecule has 1 fully saturated rings. The van der Waals surface area contributed by atoms with Crippen molar-refractivity contribution in [1.82, 2.24) is 10.3 Å². The number of hydrogen-bond acceptors (Lipinski definition) is 7. The summed E-state index contributed by atoms with van der Waals surface area (Å²) in [4.78, 5) is 30.1. The quantitative estimate of drug-likeness (QED) is 0.732. The molecule has 3 N–H and O–H groups in total. The molecule has 0 aliphatic carbocycles. The number of primary amides is 1. The average Bonchev–Trinajstić information content (AvgIpc) is 3.40. The molecule has 2 aromatic heterocycles. The number of nitrogens with one attached hydrogen (secondary N) is 1. The Balaban J connectivity index is 0.000000231. The van der Waals surface area contributed by atoms with Gasteiger partial charge in [0.1, 0.15) is 17.7 Å². The molecule has 0 spiro atoms. The minimum Gasteiger partial charge on any atom is -0.444 e. The number of alkyl carbamates (subject to hydrolysis) is 1. The molecule has 2 aromatic rings. The van der Waals surface area contributed by atoms with Crippen LogP contribution in [0.2, 0.25) is 0 Å². The number of pyridine rings is 1. The van der Waals surface area contributed by atoms with Crippen LogP contribution in [0.15, 0.2) is 35.8 Å². The smallest absolute Gasteiger partial charge is 0.408 e. The number of hydrogen-bond donors (Lipinski definition) is 2. The second kappa shape index (κ2) is 11.3. The first-order chi connectivity index (χ1) is 14.7. The molecule has 0 unspecified atom stereocenters. The van der Waals surface area contributed by atoms with Crippen molar-refractivity contribution in [2.45, 2.75) is 51.7 Å². The summed E-state index contributed by atoms with van der Waals surface area (Å²) in [6.07, 6.45) is 3.85. The van der Waals surface area contributed by atoms with Gasteiger partial charge in [-0.1, -0.05) is 6.07 Å². The maximum absolute atomic E-state index is 11.6. The third-order valence-electron chi connectivity index (χ3n) is 4.36. The van der Waals surface area contributed by atoms with E-state index in [9.17, 15) is 9.59 Å². The molecule has 0 bridgehead atoms. The summed E-state index contributed by atoms with van der Waals surface area (Å²) >= 11 is 1.51. The Bertz CT molecular complexity index is 897. The van der Waals surface area contributed by atoms with Crippen LogP contribution in [0.3, 0.4) is 0 Å². The molecule has 0 radical (unpaired) electrons. The number of amides is 2. The van der Waals surface area contributed by atoms with Crippen molar-refractivity contribution in [3.8, 4) is 6.07 Å². The van der Waals surface area contributed by atoms with Gasteiger partial charge in [-0.2, -0.15) is 5.26 Å². The van der Waals surface area contributed by atoms with Gasteiger partial charge in [0.15, 0.2) is 5.69 Å². The largest absolute Gasteiger partial charge is 0.444 e. The van der Waals surface area contributed by atoms with Gasteiger partial charge in [0.2, 0.25) is 5.91 Å². The van der Waals surface area contributed by atoms with E-state index >= 15 is 0 Å². The number of carbonyl (C=O) groups is 2. The van der Waals surface area contributed by atoms with Crippen molar-refractivity contribution in [2.24, 2.45) is 5.73 Å². The van der Waals surface area contributed by atoms with E-state index in [1.54, 1.807) is 27.0 Å². The van der Waals surface area contributed by atoms with Gasteiger partial charge in [-0.3, -0.25) is 4.79 Å². The highest BCUT2D eigenvalue weighted by Gasteiger charge is 2.23. The second-order valence-electron chi connectivity index (χ2n) is 8.06. The summed E-state index contributed by atoms with van der Waals surface area (Å²) in [6.45, 7) is 7.38. The number of anilines is 1. The van der Waals surface area contributed by atoms with E-state index in [0.29, 0.717) is 12.1 Å². The maximum atomic E-state index is 11.6. The molecule has 1 saturated heterocycles. The third kappa shape index (κ3) is 8.26. The molecule has 0 aromatic carbocycles. The van der Waals surface area contributed by atoms with Crippen LogP contribution < -0.4 is 16.0 Å². The van der Waals surface area contributed by atoms with Crippen molar-refractivity contribution in [1.29, 1.82) is 5.26 Å². The van der Waals surface area contributed by atoms with Crippen LogP contribution in [-0.2, 0) is 16.0 Å². The minimum absolute atomic E-state index is 0.381. The van der Waals surface area contributed by atoms with Crippen molar-refractivity contribution in [3.05, 3.63) is 46.4 Å². The second-order valence-corrected chi connectivity index (χ2v) is 9.09. The molecule has 31 heavy (non-hydrogen) atoms. The lowest BCUT2D eigenvalue weighted by Crippen LogP contribution is -2.47. The molecule has 0 saturated carbocycles. The predicted molar refractivity (Wildman–Crippen MR) is 121 cm³/mol. The van der Waals surface area contributed by atoms with Crippen LogP contribution in [0.5, 0.6) is 0 Å². The highest BCUT2D eigenvalue weighted by Crippen LogP contribution is 2.21. The van der Waals surface area contributed by atoms with Crippen LogP contribution in [0.1, 0.15) is 44.2 Å². The number of rotatable bonds is 5. The summed E-state index contributed by atoms with van der Waals surface area (Å²) in [5, 5.41) is 13.2. The minimum atomic E-state index is -0.751. The Labute approximate surface area is 187 Å². The maximum Gasteiger partial charge on any atom is 0.408 e. The third-order valence-corrected chi connectivity index (χ3v) is 5.26. The summed E-state index contributed by atoms with van der Waals surface area (Å²) in [7, 11) is 0. The summed E-state index contributed by atoms with van der Waals surface area (Å²) in [6, 6.07) is 8.99. The molecule has 166 valence electrons. The number of carbonyl (C=O) groups excluding carboxylic acids is 2. The van der Waals surface area contributed by atoms with E-state index in [4.69, 9.17) is 15.7 Å². The molecule has 2 amide bonds. The fraction of sp³-hybridized carbons (Fsp3) is 0.455. The van der Waals surface area contributed by atoms with E-state index in [0.717, 1.165) is 23.7 Å². The Kier molecular flexibility index (Phi) is 8.82. The molecule has 9 heteroatoms. The Hall–Kier alpha value is -3.12. The van der Waals surface area contributed by atoms with E-state index in [1.165, 1.54) is 24.2 Å². The molecule has 1 aliphatic rings. The van der Waals surface area contributed by atoms with Crippen molar-refractivity contribution in [3.63, 3.8) is 0 Å². The van der Waals surface area contributed by atoms with Crippen LogP contribution in [-0.4, -0.2) is 41.7 Å². The van der Waals surface area contributed by atoms with Crippen molar-refractivity contribution < 1.29 is 14.3 Å². The van der Waals surface area contributed by atoms with E-state index in [2.05, 4.69) is 21.3 Å². The first-order valence-corrected chi connectivity index (χ1v) is 11.0.